The number of esters is 1. The summed E-state index contributed by atoms with van der Waals surface area (Å²) in [4.78, 5) is 23.2. The topological polar surface area (TPSA) is 55.4 Å². The van der Waals surface area contributed by atoms with Gasteiger partial charge in [0.05, 0.1) is 12.7 Å². The fourth-order valence-corrected chi connectivity index (χ4v) is 1.99. The van der Waals surface area contributed by atoms with Gasteiger partial charge in [0.15, 0.2) is 0 Å². The van der Waals surface area contributed by atoms with Gasteiger partial charge >= 0.3 is 5.97 Å². The van der Waals surface area contributed by atoms with Crippen LogP contribution in [0.5, 0.6) is 0 Å². The van der Waals surface area contributed by atoms with E-state index in [4.69, 9.17) is 0 Å². The first-order valence-corrected chi connectivity index (χ1v) is 6.81. The molecule has 0 aliphatic rings. The molecular formula is C17H16FNO3. The average molecular weight is 301 g/mol. The summed E-state index contributed by atoms with van der Waals surface area (Å²) in [5.74, 6) is -0.979. The van der Waals surface area contributed by atoms with Crippen molar-refractivity contribution in [2.45, 2.75) is 6.42 Å². The van der Waals surface area contributed by atoms with Gasteiger partial charge in [0, 0.05) is 12.1 Å². The molecule has 0 heterocycles. The first-order valence-electron chi connectivity index (χ1n) is 6.81. The van der Waals surface area contributed by atoms with Crippen molar-refractivity contribution in [3.8, 4) is 0 Å². The Kier molecular flexibility index (Phi) is 5.25. The highest BCUT2D eigenvalue weighted by atomic mass is 19.1. The highest BCUT2D eigenvalue weighted by molar-refractivity contribution is 5.96. The van der Waals surface area contributed by atoms with Gasteiger partial charge in [-0.05, 0) is 48.4 Å². The zero-order valence-corrected chi connectivity index (χ0v) is 12.1. The number of carbonyl (C=O) groups excluding carboxylic acids is 2. The number of hydrogen-bond donors (Lipinski definition) is 1. The molecule has 0 spiro atoms. The number of ether oxygens (including phenoxy) is 1. The molecule has 5 heteroatoms. The standard InChI is InChI=1S/C17H16FNO3/c1-22-17(21)14-7-5-13(6-8-14)16(20)19-10-9-12-3-2-4-15(18)11-12/h2-8,11H,9-10H2,1H3,(H,19,20). The van der Waals surface area contributed by atoms with Gasteiger partial charge in [-0.1, -0.05) is 12.1 Å². The monoisotopic (exact) mass is 301 g/mol. The van der Waals surface area contributed by atoms with Crippen molar-refractivity contribution in [1.29, 1.82) is 0 Å². The molecule has 0 aliphatic heterocycles. The number of carbonyl (C=O) groups is 2. The summed E-state index contributed by atoms with van der Waals surface area (Å²) in [5, 5.41) is 2.75. The van der Waals surface area contributed by atoms with Crippen LogP contribution in [0.2, 0.25) is 0 Å². The van der Waals surface area contributed by atoms with E-state index in [0.717, 1.165) is 5.56 Å². The Bertz CT molecular complexity index is 668. The number of halogens is 1. The Morgan fingerprint density at radius 3 is 2.41 bits per heavy atom. The lowest BCUT2D eigenvalue weighted by molar-refractivity contribution is 0.0600. The van der Waals surface area contributed by atoms with Crippen molar-refractivity contribution in [2.24, 2.45) is 0 Å². The van der Waals surface area contributed by atoms with E-state index < -0.39 is 5.97 Å². The van der Waals surface area contributed by atoms with Crippen LogP contribution in [-0.2, 0) is 11.2 Å². The number of amides is 1. The number of rotatable bonds is 5. The Labute approximate surface area is 127 Å². The molecule has 2 aromatic carbocycles. The van der Waals surface area contributed by atoms with E-state index in [9.17, 15) is 14.0 Å². The SMILES string of the molecule is COC(=O)c1ccc(C(=O)NCCc2cccc(F)c2)cc1. The first kappa shape index (κ1) is 15.7. The van der Waals surface area contributed by atoms with Crippen LogP contribution >= 0.6 is 0 Å². The second-order valence-corrected chi connectivity index (χ2v) is 4.70. The highest BCUT2D eigenvalue weighted by Gasteiger charge is 2.08. The second kappa shape index (κ2) is 7.36. The predicted molar refractivity (Wildman–Crippen MR) is 80.2 cm³/mol. The maximum atomic E-state index is 13.0. The van der Waals surface area contributed by atoms with Crippen LogP contribution in [0.25, 0.3) is 0 Å². The Morgan fingerprint density at radius 2 is 1.77 bits per heavy atom. The van der Waals surface area contributed by atoms with Crippen molar-refractivity contribution >= 4 is 11.9 Å². The number of benzene rings is 2. The molecule has 0 saturated carbocycles. The molecule has 114 valence electrons. The number of methoxy groups -OCH3 is 1. The molecule has 1 amide bonds. The molecule has 0 bridgehead atoms. The lowest BCUT2D eigenvalue weighted by atomic mass is 10.1. The summed E-state index contributed by atoms with van der Waals surface area (Å²) in [6, 6.07) is 12.5. The highest BCUT2D eigenvalue weighted by Crippen LogP contribution is 2.06. The fourth-order valence-electron chi connectivity index (χ4n) is 1.99. The average Bonchev–Trinajstić information content (AvgIpc) is 2.54. The Morgan fingerprint density at radius 1 is 1.09 bits per heavy atom. The van der Waals surface area contributed by atoms with Gasteiger partial charge in [-0.25, -0.2) is 9.18 Å². The lowest BCUT2D eigenvalue weighted by Crippen LogP contribution is -2.25. The van der Waals surface area contributed by atoms with Crippen molar-refractivity contribution in [2.75, 3.05) is 13.7 Å². The smallest absolute Gasteiger partial charge is 0.337 e. The van der Waals surface area contributed by atoms with Gasteiger partial charge in [-0.3, -0.25) is 4.79 Å². The lowest BCUT2D eigenvalue weighted by Gasteiger charge is -2.06. The van der Waals surface area contributed by atoms with E-state index in [0.29, 0.717) is 24.1 Å². The predicted octanol–water partition coefficient (Wildman–Crippen LogP) is 2.58. The van der Waals surface area contributed by atoms with Gasteiger partial charge < -0.3 is 10.1 Å². The van der Waals surface area contributed by atoms with E-state index in [1.165, 1.54) is 31.4 Å². The molecule has 0 saturated heterocycles. The van der Waals surface area contributed by atoms with Crippen molar-refractivity contribution in [3.63, 3.8) is 0 Å². The van der Waals surface area contributed by atoms with Crippen LogP contribution in [0.1, 0.15) is 26.3 Å². The van der Waals surface area contributed by atoms with Gasteiger partial charge in [0.25, 0.3) is 5.91 Å². The Balaban J connectivity index is 1.88. The van der Waals surface area contributed by atoms with Crippen LogP contribution in [0.3, 0.4) is 0 Å². The number of hydrogen-bond acceptors (Lipinski definition) is 3. The second-order valence-electron chi connectivity index (χ2n) is 4.70. The summed E-state index contributed by atoms with van der Waals surface area (Å²) >= 11 is 0. The third-order valence-corrected chi connectivity index (χ3v) is 3.16. The normalized spacial score (nSPS) is 10.1. The van der Waals surface area contributed by atoms with E-state index in [2.05, 4.69) is 10.1 Å². The summed E-state index contributed by atoms with van der Waals surface area (Å²) in [6.45, 7) is 0.404. The van der Waals surface area contributed by atoms with Crippen LogP contribution in [0.15, 0.2) is 48.5 Å². The molecule has 0 aromatic heterocycles. The maximum Gasteiger partial charge on any atom is 0.337 e. The van der Waals surface area contributed by atoms with E-state index in [1.807, 2.05) is 0 Å². The molecular weight excluding hydrogens is 285 g/mol. The summed E-state index contributed by atoms with van der Waals surface area (Å²) in [7, 11) is 1.30. The van der Waals surface area contributed by atoms with Crippen molar-refractivity contribution in [1.82, 2.24) is 5.32 Å². The Hall–Kier alpha value is -2.69. The molecule has 0 unspecified atom stereocenters. The minimum absolute atomic E-state index is 0.243. The van der Waals surface area contributed by atoms with E-state index in [-0.39, 0.29) is 11.7 Å². The fraction of sp³-hybridized carbons (Fsp3) is 0.176. The largest absolute Gasteiger partial charge is 0.465 e. The first-order chi connectivity index (χ1) is 10.6. The number of nitrogens with one attached hydrogen (secondary N) is 1. The zero-order valence-electron chi connectivity index (χ0n) is 12.1. The van der Waals surface area contributed by atoms with Crippen LogP contribution < -0.4 is 5.32 Å². The summed E-state index contributed by atoms with van der Waals surface area (Å²) in [6.07, 6.45) is 0.545. The minimum atomic E-state index is -0.446. The van der Waals surface area contributed by atoms with Gasteiger partial charge in [0.2, 0.25) is 0 Å². The van der Waals surface area contributed by atoms with Crippen LogP contribution in [-0.4, -0.2) is 25.5 Å². The van der Waals surface area contributed by atoms with Crippen LogP contribution in [0, 0.1) is 5.82 Å². The molecule has 0 atom stereocenters. The van der Waals surface area contributed by atoms with E-state index >= 15 is 0 Å². The molecule has 4 nitrogen and oxygen atoms in total. The van der Waals surface area contributed by atoms with Crippen molar-refractivity contribution in [3.05, 3.63) is 71.0 Å². The third-order valence-electron chi connectivity index (χ3n) is 3.16. The molecule has 22 heavy (non-hydrogen) atoms. The van der Waals surface area contributed by atoms with Gasteiger partial charge in [-0.2, -0.15) is 0 Å². The molecule has 1 N–H and O–H groups in total. The van der Waals surface area contributed by atoms with Crippen molar-refractivity contribution < 1.29 is 18.7 Å². The zero-order chi connectivity index (χ0) is 15.9. The van der Waals surface area contributed by atoms with Gasteiger partial charge in [-0.15, -0.1) is 0 Å². The minimum Gasteiger partial charge on any atom is -0.465 e. The maximum absolute atomic E-state index is 13.0. The van der Waals surface area contributed by atoms with Crippen LogP contribution in [0.4, 0.5) is 4.39 Å². The van der Waals surface area contributed by atoms with E-state index in [1.54, 1.807) is 24.3 Å². The quantitative estimate of drug-likeness (QED) is 0.864. The third kappa shape index (κ3) is 4.15. The molecule has 2 rings (SSSR count). The molecule has 2 aromatic rings. The molecule has 0 radical (unpaired) electrons. The molecule has 0 aliphatic carbocycles. The summed E-state index contributed by atoms with van der Waals surface area (Å²) in [5.41, 5.74) is 1.66. The summed E-state index contributed by atoms with van der Waals surface area (Å²) < 4.78 is 17.6. The molecule has 0 fully saturated rings. The van der Waals surface area contributed by atoms with Gasteiger partial charge in [0.1, 0.15) is 5.82 Å².